The number of aldehydes is 1. The third-order valence-corrected chi connectivity index (χ3v) is 4.43. The molecule has 0 fully saturated rings. The summed E-state index contributed by atoms with van der Waals surface area (Å²) in [6.45, 7) is 6.70. The SMILES string of the molecule is CCC(C)(C)c1ccc(-c2cnc(C=O)s2)cc1. The van der Waals surface area contributed by atoms with E-state index in [1.807, 2.05) is 0 Å². The van der Waals surface area contributed by atoms with Gasteiger partial charge in [0.2, 0.25) is 0 Å². The average molecular weight is 259 g/mol. The maximum Gasteiger partial charge on any atom is 0.178 e. The van der Waals surface area contributed by atoms with Crippen LogP contribution < -0.4 is 0 Å². The number of hydrogen-bond acceptors (Lipinski definition) is 3. The number of thiazole rings is 1. The first-order valence-electron chi connectivity index (χ1n) is 6.09. The van der Waals surface area contributed by atoms with Gasteiger partial charge < -0.3 is 0 Å². The standard InChI is InChI=1S/C15H17NOS/c1-4-15(2,3)12-7-5-11(6-8-12)13-9-16-14(10-17)18-13/h5-10H,4H2,1-3H3. The number of rotatable bonds is 4. The van der Waals surface area contributed by atoms with Crippen LogP contribution in [0.3, 0.4) is 0 Å². The minimum absolute atomic E-state index is 0.209. The summed E-state index contributed by atoms with van der Waals surface area (Å²) in [5, 5.41) is 0.531. The minimum Gasteiger partial charge on any atom is -0.295 e. The van der Waals surface area contributed by atoms with Gasteiger partial charge in [-0.1, -0.05) is 45.0 Å². The number of nitrogens with zero attached hydrogens (tertiary/aromatic N) is 1. The molecule has 1 aromatic carbocycles. The number of carbonyl (C=O) groups is 1. The second-order valence-corrected chi connectivity index (χ2v) is 6.06. The van der Waals surface area contributed by atoms with Crippen LogP contribution in [0.1, 0.15) is 42.6 Å². The molecule has 0 aliphatic carbocycles. The van der Waals surface area contributed by atoms with E-state index >= 15 is 0 Å². The van der Waals surface area contributed by atoms with Crippen LogP contribution in [0, 0.1) is 0 Å². The monoisotopic (exact) mass is 259 g/mol. The smallest absolute Gasteiger partial charge is 0.178 e. The van der Waals surface area contributed by atoms with Crippen molar-refractivity contribution in [3.05, 3.63) is 41.0 Å². The Bertz CT molecular complexity index is 540. The van der Waals surface area contributed by atoms with Gasteiger partial charge in [0.05, 0.1) is 4.88 Å². The molecule has 0 aliphatic heterocycles. The molecule has 2 aromatic rings. The predicted octanol–water partition coefficient (Wildman–Crippen LogP) is 4.31. The van der Waals surface area contributed by atoms with Gasteiger partial charge in [-0.05, 0) is 23.0 Å². The molecule has 0 radical (unpaired) electrons. The van der Waals surface area contributed by atoms with Crippen LogP contribution in [0.5, 0.6) is 0 Å². The van der Waals surface area contributed by atoms with Crippen molar-refractivity contribution in [2.24, 2.45) is 0 Å². The van der Waals surface area contributed by atoms with E-state index < -0.39 is 0 Å². The van der Waals surface area contributed by atoms with Crippen LogP contribution in [0.4, 0.5) is 0 Å². The predicted molar refractivity (Wildman–Crippen MR) is 76.3 cm³/mol. The number of hydrogen-bond donors (Lipinski definition) is 0. The van der Waals surface area contributed by atoms with Gasteiger partial charge in [-0.3, -0.25) is 4.79 Å². The first-order chi connectivity index (χ1) is 8.56. The molecule has 0 saturated carbocycles. The topological polar surface area (TPSA) is 30.0 Å². The minimum atomic E-state index is 0.209. The van der Waals surface area contributed by atoms with Crippen molar-refractivity contribution in [2.75, 3.05) is 0 Å². The molecule has 1 aromatic heterocycles. The van der Waals surface area contributed by atoms with Crippen molar-refractivity contribution in [1.29, 1.82) is 0 Å². The van der Waals surface area contributed by atoms with E-state index in [-0.39, 0.29) is 5.41 Å². The first kappa shape index (κ1) is 13.0. The number of benzene rings is 1. The highest BCUT2D eigenvalue weighted by atomic mass is 32.1. The summed E-state index contributed by atoms with van der Waals surface area (Å²) >= 11 is 1.43. The molecule has 2 rings (SSSR count). The van der Waals surface area contributed by atoms with Gasteiger partial charge >= 0.3 is 0 Å². The lowest BCUT2D eigenvalue weighted by Gasteiger charge is -2.23. The van der Waals surface area contributed by atoms with Crippen LogP contribution >= 0.6 is 11.3 Å². The fourth-order valence-corrected chi connectivity index (χ4v) is 2.50. The van der Waals surface area contributed by atoms with Crippen molar-refractivity contribution in [1.82, 2.24) is 4.98 Å². The van der Waals surface area contributed by atoms with Gasteiger partial charge in [0, 0.05) is 6.20 Å². The summed E-state index contributed by atoms with van der Waals surface area (Å²) in [7, 11) is 0. The van der Waals surface area contributed by atoms with Crippen molar-refractivity contribution < 1.29 is 4.79 Å². The Hall–Kier alpha value is -1.48. The summed E-state index contributed by atoms with van der Waals surface area (Å²) in [6.07, 6.45) is 3.67. The van der Waals surface area contributed by atoms with Crippen molar-refractivity contribution in [3.8, 4) is 10.4 Å². The molecule has 0 N–H and O–H groups in total. The molecule has 0 bridgehead atoms. The molecule has 18 heavy (non-hydrogen) atoms. The van der Waals surface area contributed by atoms with Crippen LogP contribution in [0.2, 0.25) is 0 Å². The van der Waals surface area contributed by atoms with Gasteiger partial charge in [-0.15, -0.1) is 11.3 Å². The average Bonchev–Trinajstić information content (AvgIpc) is 2.87. The third kappa shape index (κ3) is 2.51. The molecule has 2 nitrogen and oxygen atoms in total. The highest BCUT2D eigenvalue weighted by Crippen LogP contribution is 2.30. The molecule has 0 amide bonds. The van der Waals surface area contributed by atoms with Gasteiger partial charge in [0.1, 0.15) is 0 Å². The van der Waals surface area contributed by atoms with Crippen LogP contribution in [-0.2, 0) is 5.41 Å². The highest BCUT2D eigenvalue weighted by Gasteiger charge is 2.17. The Morgan fingerprint density at radius 1 is 1.28 bits per heavy atom. The van der Waals surface area contributed by atoms with Gasteiger partial charge in [-0.2, -0.15) is 0 Å². The molecule has 0 saturated heterocycles. The molecule has 0 unspecified atom stereocenters. The second-order valence-electron chi connectivity index (χ2n) is 5.00. The van der Waals surface area contributed by atoms with E-state index in [0.29, 0.717) is 5.01 Å². The molecule has 0 aliphatic rings. The number of carbonyl (C=O) groups excluding carboxylic acids is 1. The first-order valence-corrected chi connectivity index (χ1v) is 6.90. The van der Waals surface area contributed by atoms with Crippen molar-refractivity contribution in [3.63, 3.8) is 0 Å². The third-order valence-electron chi connectivity index (χ3n) is 3.46. The van der Waals surface area contributed by atoms with Crippen LogP contribution in [0.25, 0.3) is 10.4 Å². The van der Waals surface area contributed by atoms with Crippen LogP contribution in [-0.4, -0.2) is 11.3 Å². The molecule has 94 valence electrons. The van der Waals surface area contributed by atoms with Crippen molar-refractivity contribution >= 4 is 17.6 Å². The maximum absolute atomic E-state index is 10.6. The lowest BCUT2D eigenvalue weighted by atomic mass is 9.82. The lowest BCUT2D eigenvalue weighted by molar-refractivity contribution is 0.112. The zero-order chi connectivity index (χ0) is 13.2. The quantitative estimate of drug-likeness (QED) is 0.766. The van der Waals surface area contributed by atoms with Gasteiger partial charge in [0.15, 0.2) is 11.3 Å². The summed E-state index contributed by atoms with van der Waals surface area (Å²) < 4.78 is 0. The summed E-state index contributed by atoms with van der Waals surface area (Å²) in [5.74, 6) is 0. The van der Waals surface area contributed by atoms with Crippen molar-refractivity contribution in [2.45, 2.75) is 32.6 Å². The van der Waals surface area contributed by atoms with E-state index in [4.69, 9.17) is 0 Å². The second kappa shape index (κ2) is 5.02. The number of aromatic nitrogens is 1. The molecule has 0 atom stereocenters. The van der Waals surface area contributed by atoms with E-state index in [9.17, 15) is 4.79 Å². The van der Waals surface area contributed by atoms with Gasteiger partial charge in [-0.25, -0.2) is 4.98 Å². The zero-order valence-electron chi connectivity index (χ0n) is 10.9. The molecule has 3 heteroatoms. The zero-order valence-corrected chi connectivity index (χ0v) is 11.8. The van der Waals surface area contributed by atoms with Crippen LogP contribution in [0.15, 0.2) is 30.5 Å². The summed E-state index contributed by atoms with van der Waals surface area (Å²) in [4.78, 5) is 15.7. The Kier molecular flexibility index (Phi) is 3.62. The fraction of sp³-hybridized carbons (Fsp3) is 0.333. The molecule has 1 heterocycles. The fourth-order valence-electron chi connectivity index (χ4n) is 1.77. The van der Waals surface area contributed by atoms with E-state index in [1.54, 1.807) is 6.20 Å². The summed E-state index contributed by atoms with van der Waals surface area (Å²) in [6, 6.07) is 8.54. The highest BCUT2D eigenvalue weighted by molar-refractivity contribution is 7.16. The molecule has 0 spiro atoms. The Labute approximate surface area is 112 Å². The Morgan fingerprint density at radius 3 is 2.44 bits per heavy atom. The van der Waals surface area contributed by atoms with E-state index in [1.165, 1.54) is 16.9 Å². The largest absolute Gasteiger partial charge is 0.295 e. The Morgan fingerprint density at radius 2 is 1.94 bits per heavy atom. The summed E-state index contributed by atoms with van der Waals surface area (Å²) in [5.41, 5.74) is 2.67. The van der Waals surface area contributed by atoms with E-state index in [0.717, 1.165) is 23.1 Å². The lowest BCUT2D eigenvalue weighted by Crippen LogP contribution is -2.14. The normalized spacial score (nSPS) is 11.5. The maximum atomic E-state index is 10.6. The van der Waals surface area contributed by atoms with Gasteiger partial charge in [0.25, 0.3) is 0 Å². The Balaban J connectivity index is 2.30. The molecular weight excluding hydrogens is 242 g/mol. The molecular formula is C15H17NOS. The van der Waals surface area contributed by atoms with E-state index in [2.05, 4.69) is 50.0 Å².